The Balaban J connectivity index is 2.26. The van der Waals surface area contributed by atoms with E-state index in [2.05, 4.69) is 5.32 Å². The maximum atomic E-state index is 13.4. The smallest absolute Gasteiger partial charge is 0.352 e. The van der Waals surface area contributed by atoms with Gasteiger partial charge in [-0.15, -0.1) is 0 Å². The predicted molar refractivity (Wildman–Crippen MR) is 147 cm³/mol. The van der Waals surface area contributed by atoms with Crippen molar-refractivity contribution in [3.05, 3.63) is 64.7 Å². The standard InChI is InChI=1S/C27H35ClF3N3O4S/c1-5-19(3)32-26(36)24(6-2)33(18-20-12-14-22(28)15-13-20)25(35)11-8-16-34(39(4,37)38)23-10-7-9-21(17-23)27(29,30)31/h7,9-10,12-15,17,19,24H,5-6,8,11,16,18H2,1-4H3,(H,32,36)/t19-,24-/m0/s1. The minimum absolute atomic E-state index is 0.0304. The number of halogens is 4. The fourth-order valence-corrected chi connectivity index (χ4v) is 5.07. The molecule has 0 spiro atoms. The molecule has 2 rings (SSSR count). The first kappa shape index (κ1) is 32.4. The largest absolute Gasteiger partial charge is 0.416 e. The highest BCUT2D eigenvalue weighted by Crippen LogP contribution is 2.32. The highest BCUT2D eigenvalue weighted by atomic mass is 35.5. The van der Waals surface area contributed by atoms with Crippen molar-refractivity contribution in [1.29, 1.82) is 0 Å². The second-order valence-electron chi connectivity index (χ2n) is 9.38. The molecule has 216 valence electrons. The Hall–Kier alpha value is -2.79. The lowest BCUT2D eigenvalue weighted by atomic mass is 10.1. The highest BCUT2D eigenvalue weighted by Gasteiger charge is 2.32. The molecule has 0 fully saturated rings. The molecule has 7 nitrogen and oxygen atoms in total. The van der Waals surface area contributed by atoms with Crippen molar-refractivity contribution in [3.63, 3.8) is 0 Å². The molecule has 0 unspecified atom stereocenters. The van der Waals surface area contributed by atoms with Crippen molar-refractivity contribution >= 4 is 39.1 Å². The second-order valence-corrected chi connectivity index (χ2v) is 11.7. The molecule has 0 aliphatic carbocycles. The van der Waals surface area contributed by atoms with Gasteiger partial charge in [-0.2, -0.15) is 13.2 Å². The van der Waals surface area contributed by atoms with Gasteiger partial charge in [-0.3, -0.25) is 13.9 Å². The zero-order chi connectivity index (χ0) is 29.4. The van der Waals surface area contributed by atoms with E-state index in [9.17, 15) is 31.2 Å². The van der Waals surface area contributed by atoms with E-state index >= 15 is 0 Å². The number of benzene rings is 2. The van der Waals surface area contributed by atoms with Crippen LogP contribution in [0.2, 0.25) is 5.02 Å². The van der Waals surface area contributed by atoms with Gasteiger partial charge < -0.3 is 10.2 Å². The summed E-state index contributed by atoms with van der Waals surface area (Å²) in [6, 6.07) is 10.0. The van der Waals surface area contributed by atoms with E-state index in [-0.39, 0.29) is 49.5 Å². The molecular formula is C27H35ClF3N3O4S. The number of nitrogens with one attached hydrogen (secondary N) is 1. The lowest BCUT2D eigenvalue weighted by molar-refractivity contribution is -0.141. The number of alkyl halides is 3. The molecular weight excluding hydrogens is 555 g/mol. The normalized spacial score (nSPS) is 13.4. The van der Waals surface area contributed by atoms with Crippen LogP contribution in [0.4, 0.5) is 18.9 Å². The highest BCUT2D eigenvalue weighted by molar-refractivity contribution is 7.92. The number of carbonyl (C=O) groups is 2. The van der Waals surface area contributed by atoms with E-state index in [1.165, 1.54) is 11.0 Å². The van der Waals surface area contributed by atoms with Crippen LogP contribution in [0, 0.1) is 0 Å². The summed E-state index contributed by atoms with van der Waals surface area (Å²) < 4.78 is 65.3. The Bertz CT molecular complexity index is 1220. The number of nitrogens with zero attached hydrogens (tertiary/aromatic N) is 2. The van der Waals surface area contributed by atoms with Crippen molar-refractivity contribution in [1.82, 2.24) is 10.2 Å². The minimum Gasteiger partial charge on any atom is -0.352 e. The van der Waals surface area contributed by atoms with E-state index in [1.807, 2.05) is 13.8 Å². The van der Waals surface area contributed by atoms with Gasteiger partial charge in [0, 0.05) is 30.6 Å². The van der Waals surface area contributed by atoms with Gasteiger partial charge in [-0.25, -0.2) is 8.42 Å². The molecule has 39 heavy (non-hydrogen) atoms. The summed E-state index contributed by atoms with van der Waals surface area (Å²) in [6.45, 7) is 5.51. The minimum atomic E-state index is -4.64. The summed E-state index contributed by atoms with van der Waals surface area (Å²) in [5, 5.41) is 3.43. The lowest BCUT2D eigenvalue weighted by Crippen LogP contribution is -2.50. The van der Waals surface area contributed by atoms with Crippen molar-refractivity contribution in [2.75, 3.05) is 17.1 Å². The SMILES string of the molecule is CC[C@H](C)NC(=O)[C@H](CC)N(Cc1ccc(Cl)cc1)C(=O)CCCN(c1cccc(C(F)(F)F)c1)S(C)(=O)=O. The third kappa shape index (κ3) is 9.72. The molecule has 0 bridgehead atoms. The van der Waals surface area contributed by atoms with E-state index in [1.54, 1.807) is 31.2 Å². The topological polar surface area (TPSA) is 86.8 Å². The Morgan fingerprint density at radius 3 is 2.23 bits per heavy atom. The van der Waals surface area contributed by atoms with Gasteiger partial charge in [0.2, 0.25) is 21.8 Å². The third-order valence-corrected chi connectivity index (χ3v) is 7.71. The molecule has 2 amide bonds. The number of hydrogen-bond acceptors (Lipinski definition) is 4. The zero-order valence-electron chi connectivity index (χ0n) is 22.5. The molecule has 0 heterocycles. The molecule has 0 saturated carbocycles. The summed E-state index contributed by atoms with van der Waals surface area (Å²) in [5.74, 6) is -0.676. The van der Waals surface area contributed by atoms with E-state index in [0.29, 0.717) is 17.9 Å². The molecule has 0 radical (unpaired) electrons. The average molecular weight is 590 g/mol. The van der Waals surface area contributed by atoms with Crippen molar-refractivity contribution in [2.24, 2.45) is 0 Å². The monoisotopic (exact) mass is 589 g/mol. The Kier molecular flexibility index (Phi) is 11.7. The summed E-state index contributed by atoms with van der Waals surface area (Å²) >= 11 is 5.98. The number of amides is 2. The maximum absolute atomic E-state index is 13.4. The molecule has 0 aliphatic rings. The molecule has 0 saturated heterocycles. The van der Waals surface area contributed by atoms with E-state index < -0.39 is 27.8 Å². The third-order valence-electron chi connectivity index (χ3n) is 6.27. The predicted octanol–water partition coefficient (Wildman–Crippen LogP) is 5.63. The quantitative estimate of drug-likeness (QED) is 0.328. The van der Waals surface area contributed by atoms with Crippen LogP contribution < -0.4 is 9.62 Å². The van der Waals surface area contributed by atoms with Crippen molar-refractivity contribution < 1.29 is 31.2 Å². The molecule has 2 aromatic carbocycles. The molecule has 0 aliphatic heterocycles. The van der Waals surface area contributed by atoms with Crippen LogP contribution in [-0.4, -0.2) is 50.0 Å². The first-order valence-corrected chi connectivity index (χ1v) is 14.9. The summed E-state index contributed by atoms with van der Waals surface area (Å²) in [7, 11) is -3.94. The van der Waals surface area contributed by atoms with Crippen molar-refractivity contribution in [2.45, 2.75) is 71.3 Å². The van der Waals surface area contributed by atoms with Gasteiger partial charge >= 0.3 is 6.18 Å². The molecule has 2 aromatic rings. The van der Waals surface area contributed by atoms with E-state index in [4.69, 9.17) is 11.6 Å². The molecule has 12 heteroatoms. The number of sulfonamides is 1. The fraction of sp³-hybridized carbons (Fsp3) is 0.481. The number of anilines is 1. The van der Waals surface area contributed by atoms with Crippen LogP contribution in [0.3, 0.4) is 0 Å². The van der Waals surface area contributed by atoms with Crippen LogP contribution in [0.15, 0.2) is 48.5 Å². The maximum Gasteiger partial charge on any atom is 0.416 e. The fourth-order valence-electron chi connectivity index (χ4n) is 3.99. The Morgan fingerprint density at radius 1 is 1.05 bits per heavy atom. The average Bonchev–Trinajstić information content (AvgIpc) is 2.86. The van der Waals surface area contributed by atoms with Crippen LogP contribution in [0.25, 0.3) is 0 Å². The number of rotatable bonds is 13. The second kappa shape index (κ2) is 14.0. The summed E-state index contributed by atoms with van der Waals surface area (Å²) in [6.07, 6.45) is -2.77. The van der Waals surface area contributed by atoms with Crippen LogP contribution in [0.1, 0.15) is 57.6 Å². The van der Waals surface area contributed by atoms with Gasteiger partial charge in [0.1, 0.15) is 6.04 Å². The van der Waals surface area contributed by atoms with E-state index in [0.717, 1.165) is 34.3 Å². The Labute approximate surface area is 233 Å². The van der Waals surface area contributed by atoms with Crippen molar-refractivity contribution in [3.8, 4) is 0 Å². The Morgan fingerprint density at radius 2 is 1.69 bits per heavy atom. The number of hydrogen-bond donors (Lipinski definition) is 1. The first-order valence-electron chi connectivity index (χ1n) is 12.7. The van der Waals surface area contributed by atoms with Crippen LogP contribution >= 0.6 is 11.6 Å². The van der Waals surface area contributed by atoms with Gasteiger partial charge in [0.05, 0.1) is 17.5 Å². The van der Waals surface area contributed by atoms with Crippen LogP contribution in [0.5, 0.6) is 0 Å². The van der Waals surface area contributed by atoms with Gasteiger partial charge in [-0.05, 0) is 62.1 Å². The zero-order valence-corrected chi connectivity index (χ0v) is 24.0. The first-order chi connectivity index (χ1) is 18.2. The van der Waals surface area contributed by atoms with Crippen LogP contribution in [-0.2, 0) is 32.3 Å². The molecule has 0 aromatic heterocycles. The number of carbonyl (C=O) groups excluding carboxylic acids is 2. The van der Waals surface area contributed by atoms with Gasteiger partial charge in [0.25, 0.3) is 0 Å². The summed E-state index contributed by atoms with van der Waals surface area (Å²) in [5.41, 5.74) is -0.363. The van der Waals surface area contributed by atoms with Gasteiger partial charge in [-0.1, -0.05) is 43.6 Å². The molecule has 1 N–H and O–H groups in total. The lowest BCUT2D eigenvalue weighted by Gasteiger charge is -2.32. The molecule has 2 atom stereocenters. The summed E-state index contributed by atoms with van der Waals surface area (Å²) in [4.78, 5) is 27.9. The van der Waals surface area contributed by atoms with Gasteiger partial charge in [0.15, 0.2) is 0 Å².